The molecule has 24 heavy (non-hydrogen) atoms. The number of rotatable bonds is 3. The summed E-state index contributed by atoms with van der Waals surface area (Å²) in [5, 5.41) is 11.7. The van der Waals surface area contributed by atoms with Crippen LogP contribution in [0, 0.1) is 0 Å². The van der Waals surface area contributed by atoms with Gasteiger partial charge in [0.05, 0.1) is 5.60 Å². The average molecular weight is 364 g/mol. The number of piperidine rings is 1. The van der Waals surface area contributed by atoms with E-state index in [4.69, 9.17) is 11.6 Å². The zero-order valence-electron chi connectivity index (χ0n) is 13.6. The Morgan fingerprint density at radius 2 is 1.58 bits per heavy atom. The van der Waals surface area contributed by atoms with Crippen molar-refractivity contribution in [2.75, 3.05) is 13.1 Å². The third-order valence-corrected chi connectivity index (χ3v) is 5.71. The van der Waals surface area contributed by atoms with Crippen LogP contribution in [0.15, 0.2) is 54.6 Å². The van der Waals surface area contributed by atoms with Gasteiger partial charge in [0.1, 0.15) is 0 Å². The number of hydrogen-bond acceptors (Lipinski definition) is 2. The number of likely N-dealkylation sites (tertiary alicyclic amines) is 1. The van der Waals surface area contributed by atoms with Gasteiger partial charge in [-0.25, -0.2) is 0 Å². The van der Waals surface area contributed by atoms with Gasteiger partial charge in [0.15, 0.2) is 0 Å². The zero-order chi connectivity index (χ0) is 15.9. The Morgan fingerprint density at radius 1 is 0.958 bits per heavy atom. The summed E-state index contributed by atoms with van der Waals surface area (Å²) in [5.41, 5.74) is 1.76. The Balaban J connectivity index is 0.00000169. The van der Waals surface area contributed by atoms with E-state index in [-0.39, 0.29) is 12.4 Å². The molecule has 0 amide bonds. The molecule has 4 heteroatoms. The number of aliphatic hydroxyl groups is 1. The van der Waals surface area contributed by atoms with Gasteiger partial charge in [-0.2, -0.15) is 0 Å². The maximum absolute atomic E-state index is 11.0. The van der Waals surface area contributed by atoms with Gasteiger partial charge in [0.2, 0.25) is 0 Å². The molecule has 0 radical (unpaired) electrons. The Labute approximate surface area is 154 Å². The van der Waals surface area contributed by atoms with Gasteiger partial charge >= 0.3 is 0 Å². The molecule has 2 atom stereocenters. The molecule has 2 aromatic rings. The van der Waals surface area contributed by atoms with Crippen LogP contribution in [-0.4, -0.2) is 29.1 Å². The van der Waals surface area contributed by atoms with Crippen molar-refractivity contribution in [2.45, 2.75) is 36.8 Å². The minimum Gasteiger partial charge on any atom is -0.385 e. The lowest BCUT2D eigenvalue weighted by molar-refractivity contribution is -0.0281. The second kappa shape index (κ2) is 7.05. The molecule has 1 N–H and O–H groups in total. The van der Waals surface area contributed by atoms with Gasteiger partial charge in [0.25, 0.3) is 0 Å². The Kier molecular flexibility index (Phi) is 5.22. The van der Waals surface area contributed by atoms with Gasteiger partial charge in [-0.1, -0.05) is 54.1 Å². The molecule has 4 rings (SSSR count). The monoisotopic (exact) mass is 363 g/mol. The first-order valence-corrected chi connectivity index (χ1v) is 8.81. The molecule has 1 aliphatic heterocycles. The van der Waals surface area contributed by atoms with Gasteiger partial charge in [-0.05, 0) is 42.5 Å². The maximum atomic E-state index is 11.0. The van der Waals surface area contributed by atoms with Crippen LogP contribution in [0.4, 0.5) is 0 Å². The van der Waals surface area contributed by atoms with Crippen LogP contribution in [-0.2, 0) is 5.60 Å². The van der Waals surface area contributed by atoms with Crippen LogP contribution in [0.2, 0.25) is 5.02 Å². The summed E-state index contributed by atoms with van der Waals surface area (Å²) in [7, 11) is 0. The van der Waals surface area contributed by atoms with E-state index in [0.717, 1.165) is 36.5 Å². The summed E-state index contributed by atoms with van der Waals surface area (Å²) in [4.78, 5) is 2.56. The van der Waals surface area contributed by atoms with Gasteiger partial charge < -0.3 is 5.11 Å². The van der Waals surface area contributed by atoms with E-state index in [2.05, 4.69) is 35.2 Å². The normalized spacial score (nSPS) is 25.8. The van der Waals surface area contributed by atoms with E-state index >= 15 is 0 Å². The quantitative estimate of drug-likeness (QED) is 0.860. The fourth-order valence-electron chi connectivity index (χ4n) is 3.92. The van der Waals surface area contributed by atoms with Crippen molar-refractivity contribution in [2.24, 2.45) is 0 Å². The van der Waals surface area contributed by atoms with E-state index in [1.165, 1.54) is 12.0 Å². The Morgan fingerprint density at radius 3 is 2.21 bits per heavy atom. The minimum atomic E-state index is -0.696. The third kappa shape index (κ3) is 3.48. The third-order valence-electron chi connectivity index (χ3n) is 5.46. The first-order valence-electron chi connectivity index (χ1n) is 8.43. The fraction of sp³-hybridized carbons (Fsp3) is 0.400. The van der Waals surface area contributed by atoms with Crippen molar-refractivity contribution in [1.29, 1.82) is 0 Å². The lowest BCUT2D eigenvalue weighted by Gasteiger charge is -2.39. The molecule has 128 valence electrons. The highest BCUT2D eigenvalue weighted by Crippen LogP contribution is 2.46. The summed E-state index contributed by atoms with van der Waals surface area (Å²) in [6.45, 7) is 1.93. The van der Waals surface area contributed by atoms with E-state index < -0.39 is 5.60 Å². The van der Waals surface area contributed by atoms with Gasteiger partial charge in [-0.15, -0.1) is 12.4 Å². The van der Waals surface area contributed by atoms with E-state index in [9.17, 15) is 5.11 Å². The Bertz CT molecular complexity index is 666. The summed E-state index contributed by atoms with van der Waals surface area (Å²) in [6.07, 6.45) is 2.85. The predicted octanol–water partition coefficient (Wildman–Crippen LogP) is 4.60. The van der Waals surface area contributed by atoms with Crippen LogP contribution >= 0.6 is 24.0 Å². The minimum absolute atomic E-state index is 0. The lowest BCUT2D eigenvalue weighted by atomic mass is 9.84. The molecule has 2 aliphatic rings. The highest BCUT2D eigenvalue weighted by atomic mass is 35.5. The first kappa shape index (κ1) is 17.8. The van der Waals surface area contributed by atoms with Crippen LogP contribution < -0.4 is 0 Å². The van der Waals surface area contributed by atoms with Gasteiger partial charge in [0, 0.05) is 30.1 Å². The highest BCUT2D eigenvalue weighted by molar-refractivity contribution is 6.30. The van der Waals surface area contributed by atoms with E-state index in [1.54, 1.807) is 0 Å². The van der Waals surface area contributed by atoms with Crippen LogP contribution in [0.1, 0.15) is 36.3 Å². The standard InChI is InChI=1S/C20H22ClNO.ClH/c21-17-8-6-16(7-9-17)20(23)10-12-22(13-11-20)19-14-18(19)15-4-2-1-3-5-15;/h1-9,18-19,23H,10-14H2;1H/t18-,19+;/m0./s1. The van der Waals surface area contributed by atoms with Gasteiger partial charge in [-0.3, -0.25) is 4.90 Å². The van der Waals surface area contributed by atoms with Crippen LogP contribution in [0.3, 0.4) is 0 Å². The van der Waals surface area contributed by atoms with E-state index in [1.807, 2.05) is 24.3 Å². The van der Waals surface area contributed by atoms with Crippen molar-refractivity contribution in [3.05, 3.63) is 70.7 Å². The molecule has 2 aromatic carbocycles. The lowest BCUT2D eigenvalue weighted by Crippen LogP contribution is -2.43. The highest BCUT2D eigenvalue weighted by Gasteiger charge is 2.45. The van der Waals surface area contributed by atoms with Crippen LogP contribution in [0.5, 0.6) is 0 Å². The molecule has 1 saturated heterocycles. The summed E-state index contributed by atoms with van der Waals surface area (Å²) in [6, 6.07) is 19.1. The summed E-state index contributed by atoms with van der Waals surface area (Å²) >= 11 is 5.95. The van der Waals surface area contributed by atoms with Crippen molar-refractivity contribution in [1.82, 2.24) is 4.90 Å². The average Bonchev–Trinajstić information content (AvgIpc) is 3.37. The number of hydrogen-bond donors (Lipinski definition) is 1. The SMILES string of the molecule is Cl.OC1(c2ccc(Cl)cc2)CCN([C@@H]2C[C@H]2c2ccccc2)CC1. The molecule has 0 unspecified atom stereocenters. The smallest absolute Gasteiger partial charge is 0.0920 e. The first-order chi connectivity index (χ1) is 11.2. The molecule has 0 aromatic heterocycles. The number of benzene rings is 2. The molecule has 1 saturated carbocycles. The topological polar surface area (TPSA) is 23.5 Å². The Hall–Kier alpha value is -1.06. The van der Waals surface area contributed by atoms with Crippen molar-refractivity contribution < 1.29 is 5.11 Å². The van der Waals surface area contributed by atoms with Crippen molar-refractivity contribution >= 4 is 24.0 Å². The molecule has 1 heterocycles. The molecule has 0 bridgehead atoms. The molecule has 0 spiro atoms. The predicted molar refractivity (Wildman–Crippen MR) is 101 cm³/mol. The maximum Gasteiger partial charge on any atom is 0.0920 e. The second-order valence-corrected chi connectivity index (χ2v) is 7.33. The number of halogens is 2. The largest absolute Gasteiger partial charge is 0.385 e. The molecular weight excluding hydrogens is 341 g/mol. The zero-order valence-corrected chi connectivity index (χ0v) is 15.1. The van der Waals surface area contributed by atoms with Crippen molar-refractivity contribution in [3.63, 3.8) is 0 Å². The molecule has 2 fully saturated rings. The summed E-state index contributed by atoms with van der Waals surface area (Å²) in [5.74, 6) is 0.679. The second-order valence-electron chi connectivity index (χ2n) is 6.89. The molecule has 2 nitrogen and oxygen atoms in total. The molecular formula is C20H23Cl2NO. The van der Waals surface area contributed by atoms with Crippen molar-refractivity contribution in [3.8, 4) is 0 Å². The van der Waals surface area contributed by atoms with Crippen LogP contribution in [0.25, 0.3) is 0 Å². The molecule has 1 aliphatic carbocycles. The number of nitrogens with zero attached hydrogens (tertiary/aromatic N) is 1. The fourth-order valence-corrected chi connectivity index (χ4v) is 4.04. The summed E-state index contributed by atoms with van der Waals surface area (Å²) < 4.78 is 0. The van der Waals surface area contributed by atoms with E-state index in [0.29, 0.717) is 12.0 Å².